The van der Waals surface area contributed by atoms with Gasteiger partial charge in [-0.2, -0.15) is 0 Å². The normalized spacial score (nSPS) is 9.31. The van der Waals surface area contributed by atoms with E-state index in [2.05, 4.69) is 16.8 Å². The maximum Gasteiger partial charge on any atom is 0.128 e. The molecule has 0 amide bonds. The number of anilines is 1. The fourth-order valence-electron chi connectivity index (χ4n) is 1.42. The molecule has 0 aromatic carbocycles. The van der Waals surface area contributed by atoms with Crippen molar-refractivity contribution in [3.63, 3.8) is 0 Å². The highest BCUT2D eigenvalue weighted by atomic mass is 15.2. The lowest BCUT2D eigenvalue weighted by Gasteiger charge is -2.21. The molecule has 1 aromatic rings. The fraction of sp³-hybridized carbons (Fsp3) is 0.615. The van der Waals surface area contributed by atoms with Crippen LogP contribution in [0.15, 0.2) is 18.2 Å². The van der Waals surface area contributed by atoms with Gasteiger partial charge in [0, 0.05) is 18.8 Å². The second-order valence-corrected chi connectivity index (χ2v) is 3.36. The third-order valence-corrected chi connectivity index (χ3v) is 2.21. The standard InChI is InChI=1S/C11H19N3.C2H6/c1-3-14(9-5-8-12)11-7-4-6-10(2)13-11;1-2/h4,6-7H,3,5,8-9,12H2,1-2H3;1-2H3. The van der Waals surface area contributed by atoms with E-state index in [1.165, 1.54) is 0 Å². The third-order valence-electron chi connectivity index (χ3n) is 2.21. The van der Waals surface area contributed by atoms with E-state index in [9.17, 15) is 0 Å². The Labute approximate surface area is 99.7 Å². The van der Waals surface area contributed by atoms with Gasteiger partial charge in [0.1, 0.15) is 5.82 Å². The Hall–Kier alpha value is -1.09. The third kappa shape index (κ3) is 5.12. The molecule has 0 fully saturated rings. The minimum absolute atomic E-state index is 0.738. The van der Waals surface area contributed by atoms with Crippen molar-refractivity contribution in [3.05, 3.63) is 23.9 Å². The average Bonchev–Trinajstić information content (AvgIpc) is 2.33. The predicted octanol–water partition coefficient (Wildman–Crippen LogP) is 2.59. The summed E-state index contributed by atoms with van der Waals surface area (Å²) in [5.74, 6) is 1.06. The highest BCUT2D eigenvalue weighted by Gasteiger charge is 2.03. The van der Waals surface area contributed by atoms with Crippen LogP contribution in [0.2, 0.25) is 0 Å². The molecular formula is C13H25N3. The Morgan fingerprint density at radius 3 is 2.50 bits per heavy atom. The Balaban J connectivity index is 0.00000106. The van der Waals surface area contributed by atoms with Crippen LogP contribution in [-0.4, -0.2) is 24.6 Å². The lowest BCUT2D eigenvalue weighted by Crippen LogP contribution is -2.26. The van der Waals surface area contributed by atoms with Crippen molar-refractivity contribution in [2.24, 2.45) is 5.73 Å². The van der Waals surface area contributed by atoms with Gasteiger partial charge in [0.25, 0.3) is 0 Å². The number of hydrogen-bond acceptors (Lipinski definition) is 3. The molecule has 0 atom stereocenters. The molecule has 0 spiro atoms. The smallest absolute Gasteiger partial charge is 0.128 e. The molecule has 3 heteroatoms. The molecular weight excluding hydrogens is 198 g/mol. The van der Waals surface area contributed by atoms with Gasteiger partial charge in [-0.05, 0) is 38.9 Å². The lowest BCUT2D eigenvalue weighted by atomic mass is 10.3. The Bertz CT molecular complexity index is 274. The molecule has 0 bridgehead atoms. The first kappa shape index (κ1) is 14.9. The van der Waals surface area contributed by atoms with Crippen molar-refractivity contribution in [2.45, 2.75) is 34.1 Å². The Morgan fingerprint density at radius 1 is 1.31 bits per heavy atom. The van der Waals surface area contributed by atoms with Crippen LogP contribution in [0.1, 0.15) is 32.9 Å². The topological polar surface area (TPSA) is 42.1 Å². The summed E-state index contributed by atoms with van der Waals surface area (Å²) in [6.07, 6.45) is 1.02. The molecule has 0 saturated heterocycles. The molecule has 1 aromatic heterocycles. The number of aryl methyl sites for hydroxylation is 1. The van der Waals surface area contributed by atoms with Crippen molar-refractivity contribution in [3.8, 4) is 0 Å². The van der Waals surface area contributed by atoms with Crippen LogP contribution in [-0.2, 0) is 0 Å². The molecule has 0 aliphatic carbocycles. The Kier molecular flexibility index (Phi) is 8.53. The fourth-order valence-corrected chi connectivity index (χ4v) is 1.42. The van der Waals surface area contributed by atoms with Crippen LogP contribution >= 0.6 is 0 Å². The van der Waals surface area contributed by atoms with Gasteiger partial charge >= 0.3 is 0 Å². The van der Waals surface area contributed by atoms with Crippen LogP contribution in [0.5, 0.6) is 0 Å². The number of nitrogens with zero attached hydrogens (tertiary/aromatic N) is 2. The summed E-state index contributed by atoms with van der Waals surface area (Å²) >= 11 is 0. The second kappa shape index (κ2) is 9.16. The summed E-state index contributed by atoms with van der Waals surface area (Å²) in [4.78, 5) is 6.73. The van der Waals surface area contributed by atoms with Gasteiger partial charge in [-0.25, -0.2) is 4.98 Å². The zero-order chi connectivity index (χ0) is 12.4. The van der Waals surface area contributed by atoms with E-state index >= 15 is 0 Å². The molecule has 3 nitrogen and oxygen atoms in total. The van der Waals surface area contributed by atoms with Gasteiger partial charge in [0.05, 0.1) is 0 Å². The first-order valence-electron chi connectivity index (χ1n) is 6.16. The molecule has 1 heterocycles. The van der Waals surface area contributed by atoms with Crippen molar-refractivity contribution in [1.82, 2.24) is 4.98 Å². The molecule has 1 rings (SSSR count). The van der Waals surface area contributed by atoms with Gasteiger partial charge in [-0.1, -0.05) is 19.9 Å². The molecule has 0 saturated carbocycles. The maximum atomic E-state index is 5.49. The minimum Gasteiger partial charge on any atom is -0.357 e. The molecule has 92 valence electrons. The molecule has 0 radical (unpaired) electrons. The van der Waals surface area contributed by atoms with Crippen LogP contribution < -0.4 is 10.6 Å². The van der Waals surface area contributed by atoms with Gasteiger partial charge in [-0.15, -0.1) is 0 Å². The van der Waals surface area contributed by atoms with E-state index in [-0.39, 0.29) is 0 Å². The summed E-state index contributed by atoms with van der Waals surface area (Å²) in [5, 5.41) is 0. The summed E-state index contributed by atoms with van der Waals surface area (Å²) in [6.45, 7) is 10.9. The second-order valence-electron chi connectivity index (χ2n) is 3.36. The Morgan fingerprint density at radius 2 is 2.00 bits per heavy atom. The van der Waals surface area contributed by atoms with E-state index < -0.39 is 0 Å². The average molecular weight is 223 g/mol. The summed E-state index contributed by atoms with van der Waals surface area (Å²) in [7, 11) is 0. The summed E-state index contributed by atoms with van der Waals surface area (Å²) < 4.78 is 0. The monoisotopic (exact) mass is 223 g/mol. The highest BCUT2D eigenvalue weighted by molar-refractivity contribution is 5.38. The number of aromatic nitrogens is 1. The van der Waals surface area contributed by atoms with Gasteiger partial charge in [0.2, 0.25) is 0 Å². The zero-order valence-corrected chi connectivity index (χ0v) is 11.0. The summed E-state index contributed by atoms with van der Waals surface area (Å²) in [5.41, 5.74) is 6.56. The first-order chi connectivity index (χ1) is 7.77. The van der Waals surface area contributed by atoms with E-state index in [0.717, 1.165) is 37.6 Å². The van der Waals surface area contributed by atoms with Gasteiger partial charge in [0.15, 0.2) is 0 Å². The maximum absolute atomic E-state index is 5.49. The quantitative estimate of drug-likeness (QED) is 0.834. The van der Waals surface area contributed by atoms with Crippen molar-refractivity contribution in [2.75, 3.05) is 24.5 Å². The number of pyridine rings is 1. The van der Waals surface area contributed by atoms with Crippen LogP contribution in [0, 0.1) is 6.92 Å². The van der Waals surface area contributed by atoms with E-state index in [1.807, 2.05) is 39.0 Å². The minimum atomic E-state index is 0.738. The van der Waals surface area contributed by atoms with Gasteiger partial charge < -0.3 is 10.6 Å². The molecule has 0 unspecified atom stereocenters. The van der Waals surface area contributed by atoms with Gasteiger partial charge in [-0.3, -0.25) is 0 Å². The van der Waals surface area contributed by atoms with Crippen molar-refractivity contribution in [1.29, 1.82) is 0 Å². The SMILES string of the molecule is CC.CCN(CCCN)c1cccc(C)n1. The lowest BCUT2D eigenvalue weighted by molar-refractivity contribution is 0.743. The number of nitrogens with two attached hydrogens (primary N) is 1. The first-order valence-corrected chi connectivity index (χ1v) is 6.16. The van der Waals surface area contributed by atoms with Crippen LogP contribution in [0.25, 0.3) is 0 Å². The van der Waals surface area contributed by atoms with E-state index in [0.29, 0.717) is 0 Å². The van der Waals surface area contributed by atoms with E-state index in [1.54, 1.807) is 0 Å². The van der Waals surface area contributed by atoms with Crippen molar-refractivity contribution < 1.29 is 0 Å². The van der Waals surface area contributed by atoms with E-state index in [4.69, 9.17) is 5.73 Å². The molecule has 0 aliphatic heterocycles. The van der Waals surface area contributed by atoms with Crippen LogP contribution in [0.3, 0.4) is 0 Å². The molecule has 16 heavy (non-hydrogen) atoms. The van der Waals surface area contributed by atoms with Crippen LogP contribution in [0.4, 0.5) is 5.82 Å². The highest BCUT2D eigenvalue weighted by Crippen LogP contribution is 2.10. The molecule has 0 aliphatic rings. The number of rotatable bonds is 5. The summed E-state index contributed by atoms with van der Waals surface area (Å²) in [6, 6.07) is 6.11. The molecule has 2 N–H and O–H groups in total. The largest absolute Gasteiger partial charge is 0.357 e. The number of hydrogen-bond donors (Lipinski definition) is 1. The predicted molar refractivity (Wildman–Crippen MR) is 71.9 cm³/mol. The van der Waals surface area contributed by atoms with Crippen molar-refractivity contribution >= 4 is 5.82 Å². The zero-order valence-electron chi connectivity index (χ0n) is 11.0.